The minimum Gasteiger partial charge on any atom is -0.376 e. The van der Waals surface area contributed by atoms with Crippen molar-refractivity contribution in [3.8, 4) is 0 Å². The lowest BCUT2D eigenvalue weighted by Gasteiger charge is -2.14. The lowest BCUT2D eigenvalue weighted by Crippen LogP contribution is -2.25. The first-order valence-corrected chi connectivity index (χ1v) is 5.52. The van der Waals surface area contributed by atoms with E-state index in [0.717, 1.165) is 0 Å². The van der Waals surface area contributed by atoms with Crippen LogP contribution in [0.25, 0.3) is 0 Å². The van der Waals surface area contributed by atoms with Gasteiger partial charge in [-0.05, 0) is 24.5 Å². The zero-order valence-corrected chi connectivity index (χ0v) is 8.60. The Morgan fingerprint density at radius 2 is 2.07 bits per heavy atom. The summed E-state index contributed by atoms with van der Waals surface area (Å²) in [6, 6.07) is 0. The molecular formula is C8H9F3O3S. The number of hydrogen-bond donors (Lipinski definition) is 0. The van der Waals surface area contributed by atoms with E-state index in [9.17, 15) is 21.6 Å². The predicted molar refractivity (Wildman–Crippen MR) is 47.1 cm³/mol. The van der Waals surface area contributed by atoms with E-state index in [1.54, 1.807) is 13.0 Å². The zero-order chi connectivity index (χ0) is 11.7. The third-order valence-corrected chi connectivity index (χ3v) is 2.71. The molecule has 7 heteroatoms. The van der Waals surface area contributed by atoms with Gasteiger partial charge in [-0.25, -0.2) is 0 Å². The van der Waals surface area contributed by atoms with Gasteiger partial charge in [0, 0.05) is 0 Å². The van der Waals surface area contributed by atoms with Gasteiger partial charge in [0.2, 0.25) is 0 Å². The van der Waals surface area contributed by atoms with Crippen molar-refractivity contribution in [2.24, 2.45) is 5.92 Å². The second-order valence-electron chi connectivity index (χ2n) is 3.17. The molecule has 0 aromatic carbocycles. The average Bonchev–Trinajstić information content (AvgIpc) is 2.00. The van der Waals surface area contributed by atoms with Crippen molar-refractivity contribution >= 4 is 10.1 Å². The van der Waals surface area contributed by atoms with E-state index in [0.29, 0.717) is 6.42 Å². The fraction of sp³-hybridized carbons (Fsp3) is 0.500. The third-order valence-electron chi connectivity index (χ3n) is 1.73. The lowest BCUT2D eigenvalue weighted by molar-refractivity contribution is -0.0520. The molecule has 1 rings (SSSR count). The summed E-state index contributed by atoms with van der Waals surface area (Å²) in [5.74, 6) is -0.320. The molecule has 0 heterocycles. The molecule has 0 aromatic rings. The van der Waals surface area contributed by atoms with Gasteiger partial charge in [0.1, 0.15) is 5.76 Å². The van der Waals surface area contributed by atoms with Crippen LogP contribution in [0.2, 0.25) is 0 Å². The molecule has 86 valence electrons. The molecule has 1 aliphatic carbocycles. The van der Waals surface area contributed by atoms with Gasteiger partial charge in [-0.3, -0.25) is 0 Å². The minimum atomic E-state index is -5.54. The molecule has 0 aliphatic heterocycles. The molecular weight excluding hydrogens is 233 g/mol. The highest BCUT2D eigenvalue weighted by molar-refractivity contribution is 7.87. The van der Waals surface area contributed by atoms with Crippen LogP contribution in [0.3, 0.4) is 0 Å². The molecule has 1 unspecified atom stereocenters. The third kappa shape index (κ3) is 2.98. The van der Waals surface area contributed by atoms with Crippen LogP contribution >= 0.6 is 0 Å². The molecule has 0 aromatic heterocycles. The smallest absolute Gasteiger partial charge is 0.376 e. The first-order chi connectivity index (χ1) is 6.72. The highest BCUT2D eigenvalue weighted by Crippen LogP contribution is 2.28. The van der Waals surface area contributed by atoms with Gasteiger partial charge in [0.25, 0.3) is 0 Å². The van der Waals surface area contributed by atoms with Crippen molar-refractivity contribution in [1.29, 1.82) is 0 Å². The van der Waals surface area contributed by atoms with E-state index in [2.05, 4.69) is 4.18 Å². The first-order valence-electron chi connectivity index (χ1n) is 4.11. The van der Waals surface area contributed by atoms with Crippen molar-refractivity contribution in [2.75, 3.05) is 0 Å². The zero-order valence-electron chi connectivity index (χ0n) is 7.78. The average molecular weight is 242 g/mol. The molecule has 0 bridgehead atoms. The number of rotatable bonds is 2. The molecule has 0 saturated heterocycles. The van der Waals surface area contributed by atoms with E-state index in [4.69, 9.17) is 0 Å². The quantitative estimate of drug-likeness (QED) is 0.551. The Bertz CT molecular complexity index is 392. The van der Waals surface area contributed by atoms with Crippen LogP contribution in [0.1, 0.15) is 13.3 Å². The second-order valence-corrected chi connectivity index (χ2v) is 4.71. The predicted octanol–water partition coefficient (Wildman–Crippen LogP) is 2.33. The van der Waals surface area contributed by atoms with Crippen molar-refractivity contribution in [1.82, 2.24) is 0 Å². The summed E-state index contributed by atoms with van der Waals surface area (Å²) < 4.78 is 60.9. The minimum absolute atomic E-state index is 0.0339. The van der Waals surface area contributed by atoms with Gasteiger partial charge in [-0.15, -0.1) is 0 Å². The Morgan fingerprint density at radius 3 is 2.53 bits per heavy atom. The van der Waals surface area contributed by atoms with E-state index in [-0.39, 0.29) is 11.7 Å². The molecule has 0 amide bonds. The summed E-state index contributed by atoms with van der Waals surface area (Å²) in [5.41, 5.74) is -5.39. The first kappa shape index (κ1) is 12.1. The fourth-order valence-electron chi connectivity index (χ4n) is 1.03. The maximum Gasteiger partial charge on any atom is 0.534 e. The number of hydrogen-bond acceptors (Lipinski definition) is 3. The normalized spacial score (nSPS) is 22.4. The van der Waals surface area contributed by atoms with Gasteiger partial charge in [0.15, 0.2) is 0 Å². The number of alkyl halides is 3. The van der Waals surface area contributed by atoms with E-state index in [1.165, 1.54) is 12.2 Å². The van der Waals surface area contributed by atoms with E-state index >= 15 is 0 Å². The van der Waals surface area contributed by atoms with Gasteiger partial charge in [0.05, 0.1) is 0 Å². The lowest BCUT2D eigenvalue weighted by atomic mass is 10.0. The number of allylic oxidation sites excluding steroid dienone is 3. The molecule has 0 fully saturated rings. The largest absolute Gasteiger partial charge is 0.534 e. The van der Waals surface area contributed by atoms with Crippen LogP contribution in [-0.2, 0) is 14.3 Å². The second kappa shape index (κ2) is 3.88. The molecule has 0 radical (unpaired) electrons. The molecule has 15 heavy (non-hydrogen) atoms. The van der Waals surface area contributed by atoms with Crippen LogP contribution in [0.15, 0.2) is 24.0 Å². The van der Waals surface area contributed by atoms with Crippen LogP contribution in [0.5, 0.6) is 0 Å². The molecule has 0 saturated carbocycles. The summed E-state index contributed by atoms with van der Waals surface area (Å²) in [6.07, 6.45) is 4.76. The molecule has 0 N–H and O–H groups in total. The summed E-state index contributed by atoms with van der Waals surface area (Å²) in [4.78, 5) is 0. The SMILES string of the molecule is CC1C=C(OS(=O)(=O)C(F)(F)F)C=CC1. The molecule has 0 spiro atoms. The van der Waals surface area contributed by atoms with Crippen LogP contribution in [0, 0.1) is 5.92 Å². The summed E-state index contributed by atoms with van der Waals surface area (Å²) in [7, 11) is -5.54. The Labute approximate surface area is 85.4 Å². The highest BCUT2D eigenvalue weighted by Gasteiger charge is 2.48. The monoisotopic (exact) mass is 242 g/mol. The van der Waals surface area contributed by atoms with Crippen LogP contribution in [-0.4, -0.2) is 13.9 Å². The van der Waals surface area contributed by atoms with Gasteiger partial charge < -0.3 is 4.18 Å². The maximum absolute atomic E-state index is 11.9. The van der Waals surface area contributed by atoms with Gasteiger partial charge >= 0.3 is 15.6 Å². The Kier molecular flexibility index (Phi) is 3.13. The van der Waals surface area contributed by atoms with Crippen molar-refractivity contribution < 1.29 is 25.8 Å². The Morgan fingerprint density at radius 1 is 1.47 bits per heavy atom. The van der Waals surface area contributed by atoms with Crippen molar-refractivity contribution in [2.45, 2.75) is 18.9 Å². The van der Waals surface area contributed by atoms with Crippen LogP contribution < -0.4 is 0 Å². The van der Waals surface area contributed by atoms with E-state index < -0.39 is 15.6 Å². The summed E-state index contributed by atoms with van der Waals surface area (Å²) in [5, 5.41) is 0. The standard InChI is InChI=1S/C8H9F3O3S/c1-6-3-2-4-7(5-6)14-15(12,13)8(9,10)11/h2,4-6H,3H2,1H3. The van der Waals surface area contributed by atoms with Gasteiger partial charge in [-0.2, -0.15) is 21.6 Å². The maximum atomic E-state index is 11.9. The van der Waals surface area contributed by atoms with Crippen molar-refractivity contribution in [3.05, 3.63) is 24.0 Å². The summed E-state index contributed by atoms with van der Waals surface area (Å²) in [6.45, 7) is 1.74. The van der Waals surface area contributed by atoms with Crippen molar-refractivity contribution in [3.63, 3.8) is 0 Å². The molecule has 1 aliphatic rings. The number of halogens is 3. The van der Waals surface area contributed by atoms with E-state index in [1.807, 2.05) is 0 Å². The summed E-state index contributed by atoms with van der Waals surface area (Å²) >= 11 is 0. The Hall–Kier alpha value is -0.980. The van der Waals surface area contributed by atoms with Gasteiger partial charge in [-0.1, -0.05) is 13.0 Å². The fourth-order valence-corrected chi connectivity index (χ4v) is 1.49. The van der Waals surface area contributed by atoms with Crippen LogP contribution in [0.4, 0.5) is 13.2 Å². The molecule has 3 nitrogen and oxygen atoms in total. The molecule has 1 atom stereocenters. The topological polar surface area (TPSA) is 43.4 Å². The highest BCUT2D eigenvalue weighted by atomic mass is 32.2. The Balaban J connectivity index is 2.84.